The standard InChI is InChI=1S/C23H17BrCl2N4O/c1-13-3-4-14(2)20(11-13)30-22(15-5-7-16(24)8-6-15)28-21(29-30)23(31)27-17-9-10-18(25)19(26)12-17/h3-12H,1-2H3,(H,27,31). The first-order chi connectivity index (χ1) is 14.8. The van der Waals surface area contributed by atoms with Gasteiger partial charge >= 0.3 is 0 Å². The van der Waals surface area contributed by atoms with Crippen LogP contribution in [0.4, 0.5) is 5.69 Å². The number of nitrogens with zero attached hydrogens (tertiary/aromatic N) is 3. The number of hydrogen-bond donors (Lipinski definition) is 1. The molecule has 1 amide bonds. The summed E-state index contributed by atoms with van der Waals surface area (Å²) in [5.74, 6) is 0.172. The van der Waals surface area contributed by atoms with Gasteiger partial charge in [0.2, 0.25) is 5.82 Å². The highest BCUT2D eigenvalue weighted by atomic mass is 79.9. The van der Waals surface area contributed by atoms with Crippen LogP contribution in [-0.2, 0) is 0 Å². The van der Waals surface area contributed by atoms with E-state index in [1.807, 2.05) is 56.3 Å². The molecule has 1 aromatic heterocycles. The number of nitrogens with one attached hydrogen (secondary N) is 1. The molecule has 0 spiro atoms. The Bertz CT molecular complexity index is 1290. The molecule has 0 fully saturated rings. The van der Waals surface area contributed by atoms with Crippen molar-refractivity contribution in [2.24, 2.45) is 0 Å². The number of hydrogen-bond acceptors (Lipinski definition) is 3. The molecular weight excluding hydrogens is 499 g/mol. The van der Waals surface area contributed by atoms with Gasteiger partial charge in [-0.25, -0.2) is 9.67 Å². The maximum absolute atomic E-state index is 12.9. The van der Waals surface area contributed by atoms with Crippen molar-refractivity contribution < 1.29 is 4.79 Å². The van der Waals surface area contributed by atoms with Gasteiger partial charge in [0.25, 0.3) is 5.91 Å². The quantitative estimate of drug-likeness (QED) is 0.322. The van der Waals surface area contributed by atoms with Crippen LogP contribution in [0.3, 0.4) is 0 Å². The third-order valence-electron chi connectivity index (χ3n) is 4.68. The number of amides is 1. The van der Waals surface area contributed by atoms with Crippen molar-refractivity contribution in [2.45, 2.75) is 13.8 Å². The lowest BCUT2D eigenvalue weighted by Gasteiger charge is -2.10. The average molecular weight is 516 g/mol. The lowest BCUT2D eigenvalue weighted by atomic mass is 10.1. The van der Waals surface area contributed by atoms with Crippen LogP contribution in [0.2, 0.25) is 10.0 Å². The smallest absolute Gasteiger partial charge is 0.295 e. The third-order valence-corrected chi connectivity index (χ3v) is 5.95. The predicted octanol–water partition coefficient (Wildman–Crippen LogP) is 6.87. The molecule has 4 rings (SSSR count). The molecule has 5 nitrogen and oxygen atoms in total. The zero-order chi connectivity index (χ0) is 22.1. The van der Waals surface area contributed by atoms with Crippen LogP contribution in [0.15, 0.2) is 65.1 Å². The van der Waals surface area contributed by atoms with Gasteiger partial charge in [0.1, 0.15) is 0 Å². The molecule has 0 saturated carbocycles. The highest BCUT2D eigenvalue weighted by Gasteiger charge is 2.20. The van der Waals surface area contributed by atoms with Crippen LogP contribution in [-0.4, -0.2) is 20.7 Å². The fraction of sp³-hybridized carbons (Fsp3) is 0.0870. The molecule has 0 unspecified atom stereocenters. The van der Waals surface area contributed by atoms with E-state index in [0.717, 1.165) is 26.9 Å². The van der Waals surface area contributed by atoms with E-state index in [-0.39, 0.29) is 5.82 Å². The molecule has 0 aliphatic rings. The van der Waals surface area contributed by atoms with Crippen LogP contribution >= 0.6 is 39.1 Å². The normalized spacial score (nSPS) is 10.9. The number of carbonyl (C=O) groups excluding carboxylic acids is 1. The Hall–Kier alpha value is -2.67. The van der Waals surface area contributed by atoms with Crippen LogP contribution in [0.1, 0.15) is 21.7 Å². The second kappa shape index (κ2) is 8.83. The summed E-state index contributed by atoms with van der Waals surface area (Å²) >= 11 is 15.5. The van der Waals surface area contributed by atoms with Gasteiger partial charge in [-0.15, -0.1) is 5.10 Å². The van der Waals surface area contributed by atoms with E-state index in [9.17, 15) is 4.79 Å². The molecule has 3 aromatic carbocycles. The van der Waals surface area contributed by atoms with E-state index in [2.05, 4.69) is 31.3 Å². The van der Waals surface area contributed by atoms with Crippen LogP contribution < -0.4 is 5.32 Å². The maximum Gasteiger partial charge on any atom is 0.295 e. The molecule has 0 saturated heterocycles. The SMILES string of the molecule is Cc1ccc(C)c(-n2nc(C(=O)Nc3ccc(Cl)c(Cl)c3)nc2-c2ccc(Br)cc2)c1. The minimum atomic E-state index is -0.444. The van der Waals surface area contributed by atoms with E-state index < -0.39 is 5.91 Å². The number of benzene rings is 3. The number of anilines is 1. The van der Waals surface area contributed by atoms with Gasteiger partial charge in [-0.05, 0) is 61.4 Å². The van der Waals surface area contributed by atoms with Crippen molar-refractivity contribution in [3.05, 3.63) is 92.1 Å². The van der Waals surface area contributed by atoms with Gasteiger partial charge < -0.3 is 5.32 Å². The second-order valence-electron chi connectivity index (χ2n) is 7.05. The van der Waals surface area contributed by atoms with Crippen LogP contribution in [0.25, 0.3) is 17.1 Å². The molecule has 0 bridgehead atoms. The summed E-state index contributed by atoms with van der Waals surface area (Å²) in [5, 5.41) is 8.08. The number of aryl methyl sites for hydroxylation is 2. The zero-order valence-corrected chi connectivity index (χ0v) is 19.8. The number of aromatic nitrogens is 3. The molecule has 156 valence electrons. The van der Waals surface area contributed by atoms with Crippen molar-refractivity contribution in [3.63, 3.8) is 0 Å². The Balaban J connectivity index is 1.78. The Kier molecular flexibility index (Phi) is 6.14. The van der Waals surface area contributed by atoms with E-state index in [1.165, 1.54) is 0 Å². The summed E-state index contributed by atoms with van der Waals surface area (Å²) in [7, 11) is 0. The predicted molar refractivity (Wildman–Crippen MR) is 128 cm³/mol. The van der Waals surface area contributed by atoms with Gasteiger partial charge in [0, 0.05) is 15.7 Å². The largest absolute Gasteiger partial charge is 0.319 e. The lowest BCUT2D eigenvalue weighted by molar-refractivity contribution is 0.101. The molecule has 0 aliphatic carbocycles. The highest BCUT2D eigenvalue weighted by molar-refractivity contribution is 9.10. The lowest BCUT2D eigenvalue weighted by Crippen LogP contribution is -2.14. The van der Waals surface area contributed by atoms with E-state index in [0.29, 0.717) is 21.6 Å². The monoisotopic (exact) mass is 514 g/mol. The highest BCUT2D eigenvalue weighted by Crippen LogP contribution is 2.27. The van der Waals surface area contributed by atoms with E-state index in [1.54, 1.807) is 22.9 Å². The molecular formula is C23H17BrCl2N4O. The van der Waals surface area contributed by atoms with Crippen molar-refractivity contribution in [2.75, 3.05) is 5.32 Å². The molecule has 0 atom stereocenters. The molecule has 0 radical (unpaired) electrons. The van der Waals surface area contributed by atoms with Crippen molar-refractivity contribution >= 4 is 50.7 Å². The Morgan fingerprint density at radius 2 is 1.71 bits per heavy atom. The van der Waals surface area contributed by atoms with Crippen molar-refractivity contribution in [1.29, 1.82) is 0 Å². The summed E-state index contributed by atoms with van der Waals surface area (Å²) in [6.07, 6.45) is 0. The van der Waals surface area contributed by atoms with Gasteiger partial charge in [-0.3, -0.25) is 4.79 Å². The average Bonchev–Trinajstić information content (AvgIpc) is 3.18. The third kappa shape index (κ3) is 4.66. The summed E-state index contributed by atoms with van der Waals surface area (Å²) in [6.45, 7) is 4.01. The first kappa shape index (κ1) is 21.6. The molecule has 1 N–H and O–H groups in total. The number of rotatable bonds is 4. The van der Waals surface area contributed by atoms with Gasteiger partial charge in [0.15, 0.2) is 5.82 Å². The molecule has 8 heteroatoms. The Morgan fingerprint density at radius 1 is 0.968 bits per heavy atom. The maximum atomic E-state index is 12.9. The fourth-order valence-corrected chi connectivity index (χ4v) is 3.63. The van der Waals surface area contributed by atoms with Crippen LogP contribution in [0.5, 0.6) is 0 Å². The van der Waals surface area contributed by atoms with Crippen molar-refractivity contribution in [3.8, 4) is 17.1 Å². The Morgan fingerprint density at radius 3 is 2.42 bits per heavy atom. The Labute approximate surface area is 198 Å². The molecule has 0 aliphatic heterocycles. The zero-order valence-electron chi connectivity index (χ0n) is 16.7. The van der Waals surface area contributed by atoms with Gasteiger partial charge in [-0.1, -0.05) is 63.4 Å². The summed E-state index contributed by atoms with van der Waals surface area (Å²) in [6, 6.07) is 18.6. The summed E-state index contributed by atoms with van der Waals surface area (Å²) in [4.78, 5) is 17.5. The molecule has 31 heavy (non-hydrogen) atoms. The number of carbonyl (C=O) groups is 1. The first-order valence-electron chi connectivity index (χ1n) is 9.39. The minimum absolute atomic E-state index is 0.0462. The molecule has 4 aromatic rings. The summed E-state index contributed by atoms with van der Waals surface area (Å²) < 4.78 is 2.65. The van der Waals surface area contributed by atoms with Gasteiger partial charge in [0.05, 0.1) is 15.7 Å². The van der Waals surface area contributed by atoms with E-state index >= 15 is 0 Å². The van der Waals surface area contributed by atoms with Gasteiger partial charge in [-0.2, -0.15) is 0 Å². The summed E-state index contributed by atoms with van der Waals surface area (Å²) in [5.41, 5.74) is 4.31. The first-order valence-corrected chi connectivity index (χ1v) is 10.9. The fourth-order valence-electron chi connectivity index (χ4n) is 3.07. The topological polar surface area (TPSA) is 59.8 Å². The second-order valence-corrected chi connectivity index (χ2v) is 8.78. The van der Waals surface area contributed by atoms with Crippen LogP contribution in [0, 0.1) is 13.8 Å². The van der Waals surface area contributed by atoms with E-state index in [4.69, 9.17) is 23.2 Å². The van der Waals surface area contributed by atoms with Crippen molar-refractivity contribution in [1.82, 2.24) is 14.8 Å². The molecule has 1 heterocycles. The number of halogens is 3. The minimum Gasteiger partial charge on any atom is -0.319 e.